The van der Waals surface area contributed by atoms with Crippen LogP contribution in [0, 0.1) is 0 Å². The second kappa shape index (κ2) is 5.31. The van der Waals surface area contributed by atoms with E-state index in [0.717, 1.165) is 24.4 Å². The molecule has 0 saturated carbocycles. The lowest BCUT2D eigenvalue weighted by Gasteiger charge is -2.06. The van der Waals surface area contributed by atoms with E-state index in [1.807, 2.05) is 0 Å². The third-order valence-corrected chi connectivity index (χ3v) is 2.39. The topological polar surface area (TPSA) is 94.1 Å². The van der Waals surface area contributed by atoms with Crippen LogP contribution in [0.2, 0.25) is 0 Å². The number of aromatic nitrogens is 3. The summed E-state index contributed by atoms with van der Waals surface area (Å²) >= 11 is 0. The van der Waals surface area contributed by atoms with Crippen molar-refractivity contribution in [2.24, 2.45) is 0 Å². The second-order valence-corrected chi connectivity index (χ2v) is 3.67. The third kappa shape index (κ3) is 3.18. The Morgan fingerprint density at radius 1 is 1.29 bits per heavy atom. The van der Waals surface area contributed by atoms with Crippen LogP contribution in [0.15, 0.2) is 24.5 Å². The maximum Gasteiger partial charge on any atom is 0.137 e. The highest BCUT2D eigenvalue weighted by atomic mass is 16.3. The minimum absolute atomic E-state index is 0.0629. The van der Waals surface area contributed by atoms with Crippen LogP contribution in [0.25, 0.3) is 0 Å². The zero-order valence-corrected chi connectivity index (χ0v) is 9.22. The van der Waals surface area contributed by atoms with Crippen LogP contribution in [-0.4, -0.2) is 31.9 Å². The zero-order valence-electron chi connectivity index (χ0n) is 9.22. The predicted molar refractivity (Wildman–Crippen MR) is 61.6 cm³/mol. The largest absolute Gasteiger partial charge is 0.508 e. The van der Waals surface area contributed by atoms with Gasteiger partial charge in [-0.2, -0.15) is 5.10 Å². The number of aromatic amines is 1. The van der Waals surface area contributed by atoms with Crippen molar-refractivity contribution in [3.05, 3.63) is 35.9 Å². The van der Waals surface area contributed by atoms with E-state index in [-0.39, 0.29) is 11.5 Å². The first-order chi connectivity index (χ1) is 8.25. The van der Waals surface area contributed by atoms with Crippen molar-refractivity contribution in [1.82, 2.24) is 20.5 Å². The average molecular weight is 234 g/mol. The Hall–Kier alpha value is -2.08. The van der Waals surface area contributed by atoms with Crippen molar-refractivity contribution < 1.29 is 10.2 Å². The molecule has 1 aromatic heterocycles. The monoisotopic (exact) mass is 234 g/mol. The van der Waals surface area contributed by atoms with Gasteiger partial charge in [-0.25, -0.2) is 4.98 Å². The smallest absolute Gasteiger partial charge is 0.137 e. The SMILES string of the molecule is Oc1ccc(CNCCc2ncn[nH]2)c(O)c1. The summed E-state index contributed by atoms with van der Waals surface area (Å²) in [7, 11) is 0. The summed E-state index contributed by atoms with van der Waals surface area (Å²) in [6, 6.07) is 4.56. The molecule has 90 valence electrons. The molecule has 2 rings (SSSR count). The number of nitrogens with zero attached hydrogens (tertiary/aromatic N) is 2. The van der Waals surface area contributed by atoms with Gasteiger partial charge in [-0.15, -0.1) is 0 Å². The van der Waals surface area contributed by atoms with Crippen LogP contribution in [0.1, 0.15) is 11.4 Å². The summed E-state index contributed by atoms with van der Waals surface area (Å²) < 4.78 is 0. The van der Waals surface area contributed by atoms with Gasteiger partial charge in [-0.1, -0.05) is 6.07 Å². The molecule has 1 aromatic carbocycles. The fourth-order valence-corrected chi connectivity index (χ4v) is 1.48. The predicted octanol–water partition coefficient (Wildman–Crippen LogP) is 0.548. The molecule has 0 fully saturated rings. The van der Waals surface area contributed by atoms with Gasteiger partial charge in [0.15, 0.2) is 0 Å². The molecule has 6 nitrogen and oxygen atoms in total. The molecule has 0 atom stereocenters. The number of H-pyrrole nitrogens is 1. The van der Waals surface area contributed by atoms with Crippen molar-refractivity contribution in [2.75, 3.05) is 6.54 Å². The summed E-state index contributed by atoms with van der Waals surface area (Å²) in [5.74, 6) is 0.984. The molecule has 0 bridgehead atoms. The summed E-state index contributed by atoms with van der Waals surface area (Å²) in [6.07, 6.45) is 2.22. The van der Waals surface area contributed by atoms with E-state index in [0.29, 0.717) is 6.54 Å². The van der Waals surface area contributed by atoms with E-state index in [4.69, 9.17) is 5.11 Å². The van der Waals surface area contributed by atoms with Gasteiger partial charge >= 0.3 is 0 Å². The van der Waals surface area contributed by atoms with Gasteiger partial charge in [0.25, 0.3) is 0 Å². The Balaban J connectivity index is 1.78. The van der Waals surface area contributed by atoms with Gasteiger partial charge < -0.3 is 15.5 Å². The van der Waals surface area contributed by atoms with Crippen LogP contribution in [0.4, 0.5) is 0 Å². The number of phenols is 2. The number of aromatic hydroxyl groups is 2. The maximum absolute atomic E-state index is 9.55. The van der Waals surface area contributed by atoms with E-state index in [1.165, 1.54) is 12.4 Å². The molecule has 0 unspecified atom stereocenters. The molecule has 4 N–H and O–H groups in total. The fraction of sp³-hybridized carbons (Fsp3) is 0.273. The van der Waals surface area contributed by atoms with Crippen molar-refractivity contribution >= 4 is 0 Å². The molecule has 0 spiro atoms. The minimum atomic E-state index is 0.0629. The fourth-order valence-electron chi connectivity index (χ4n) is 1.48. The minimum Gasteiger partial charge on any atom is -0.508 e. The van der Waals surface area contributed by atoms with E-state index in [1.54, 1.807) is 12.1 Å². The molecular formula is C11H14N4O2. The first-order valence-corrected chi connectivity index (χ1v) is 5.31. The molecular weight excluding hydrogens is 220 g/mol. The van der Waals surface area contributed by atoms with Crippen molar-refractivity contribution in [3.63, 3.8) is 0 Å². The Kier molecular flexibility index (Phi) is 3.56. The average Bonchev–Trinajstić information content (AvgIpc) is 2.79. The highest BCUT2D eigenvalue weighted by molar-refractivity contribution is 5.38. The van der Waals surface area contributed by atoms with E-state index >= 15 is 0 Å². The summed E-state index contributed by atoms with van der Waals surface area (Å²) in [4.78, 5) is 4.00. The first kappa shape index (κ1) is 11.4. The van der Waals surface area contributed by atoms with Gasteiger partial charge in [0.2, 0.25) is 0 Å². The van der Waals surface area contributed by atoms with Gasteiger partial charge in [0.1, 0.15) is 23.7 Å². The molecule has 0 amide bonds. The normalized spacial score (nSPS) is 10.6. The van der Waals surface area contributed by atoms with E-state index in [2.05, 4.69) is 20.5 Å². The van der Waals surface area contributed by atoms with Crippen LogP contribution < -0.4 is 5.32 Å². The third-order valence-electron chi connectivity index (χ3n) is 2.39. The molecule has 0 saturated heterocycles. The molecule has 0 radical (unpaired) electrons. The summed E-state index contributed by atoms with van der Waals surface area (Å²) in [5.41, 5.74) is 0.750. The van der Waals surface area contributed by atoms with E-state index < -0.39 is 0 Å². The number of rotatable bonds is 5. The van der Waals surface area contributed by atoms with Crippen molar-refractivity contribution in [2.45, 2.75) is 13.0 Å². The first-order valence-electron chi connectivity index (χ1n) is 5.31. The Morgan fingerprint density at radius 3 is 2.88 bits per heavy atom. The number of phenolic OH excluding ortho intramolecular Hbond substituents is 2. The highest BCUT2D eigenvalue weighted by Gasteiger charge is 2.02. The number of hydrogen-bond donors (Lipinski definition) is 4. The van der Waals surface area contributed by atoms with Gasteiger partial charge in [0, 0.05) is 31.1 Å². The summed E-state index contributed by atoms with van der Waals surface area (Å²) in [6.45, 7) is 1.27. The van der Waals surface area contributed by atoms with Gasteiger partial charge in [-0.05, 0) is 6.07 Å². The Morgan fingerprint density at radius 2 is 2.18 bits per heavy atom. The molecule has 0 aliphatic heterocycles. The van der Waals surface area contributed by atoms with Crippen LogP contribution in [-0.2, 0) is 13.0 Å². The zero-order chi connectivity index (χ0) is 12.1. The van der Waals surface area contributed by atoms with Gasteiger partial charge in [0.05, 0.1) is 0 Å². The van der Waals surface area contributed by atoms with Gasteiger partial charge in [-0.3, -0.25) is 5.10 Å². The van der Waals surface area contributed by atoms with Crippen molar-refractivity contribution in [3.8, 4) is 11.5 Å². The van der Waals surface area contributed by atoms with E-state index in [9.17, 15) is 5.11 Å². The Bertz CT molecular complexity index is 470. The highest BCUT2D eigenvalue weighted by Crippen LogP contribution is 2.21. The molecule has 0 aliphatic rings. The Labute approximate surface area is 98.3 Å². The molecule has 6 heteroatoms. The second-order valence-electron chi connectivity index (χ2n) is 3.67. The molecule has 17 heavy (non-hydrogen) atoms. The standard InChI is InChI=1S/C11H14N4O2/c16-9-2-1-8(10(17)5-9)6-12-4-3-11-13-7-14-15-11/h1-2,5,7,12,16-17H,3-4,6H2,(H,13,14,15). The maximum atomic E-state index is 9.55. The number of hydrogen-bond acceptors (Lipinski definition) is 5. The lowest BCUT2D eigenvalue weighted by atomic mass is 10.2. The number of benzene rings is 1. The van der Waals surface area contributed by atoms with Crippen LogP contribution >= 0.6 is 0 Å². The van der Waals surface area contributed by atoms with Crippen molar-refractivity contribution in [1.29, 1.82) is 0 Å². The van der Waals surface area contributed by atoms with Crippen LogP contribution in [0.5, 0.6) is 11.5 Å². The quantitative estimate of drug-likeness (QED) is 0.567. The molecule has 0 aliphatic carbocycles. The van der Waals surface area contributed by atoms with Crippen LogP contribution in [0.3, 0.4) is 0 Å². The molecule has 2 aromatic rings. The summed E-state index contributed by atoms with van der Waals surface area (Å²) in [5, 5.41) is 28.4. The lowest BCUT2D eigenvalue weighted by Crippen LogP contribution is -2.17. The lowest BCUT2D eigenvalue weighted by molar-refractivity contribution is 0.444. The number of nitrogens with one attached hydrogen (secondary N) is 2. The molecule has 1 heterocycles.